The molecule has 1 N–H and O–H groups in total. The van der Waals surface area contributed by atoms with E-state index >= 15 is 0 Å². The third kappa shape index (κ3) is 3.92. The van der Waals surface area contributed by atoms with Crippen LogP contribution in [-0.4, -0.2) is 42.0 Å². The van der Waals surface area contributed by atoms with Crippen LogP contribution >= 0.6 is 11.3 Å². The van der Waals surface area contributed by atoms with Crippen LogP contribution < -0.4 is 5.32 Å². The van der Waals surface area contributed by atoms with E-state index in [0.29, 0.717) is 30.8 Å². The van der Waals surface area contributed by atoms with Crippen LogP contribution in [-0.2, 0) is 11.3 Å². The van der Waals surface area contributed by atoms with Crippen LogP contribution in [0.1, 0.15) is 42.8 Å². The van der Waals surface area contributed by atoms with Crippen LogP contribution in [0.4, 0.5) is 0 Å². The minimum atomic E-state index is -0.303. The van der Waals surface area contributed by atoms with Gasteiger partial charge in [-0.15, -0.1) is 11.3 Å². The number of rotatable bonds is 7. The van der Waals surface area contributed by atoms with Gasteiger partial charge in [0.05, 0.1) is 23.8 Å². The van der Waals surface area contributed by atoms with E-state index in [2.05, 4.69) is 10.3 Å². The van der Waals surface area contributed by atoms with Gasteiger partial charge in [-0.25, -0.2) is 0 Å². The van der Waals surface area contributed by atoms with Crippen molar-refractivity contribution < 1.29 is 14.3 Å². The Balaban J connectivity index is 1.63. The number of carbonyl (C=O) groups is 2. The summed E-state index contributed by atoms with van der Waals surface area (Å²) in [5.74, 6) is -0.390. The van der Waals surface area contributed by atoms with Crippen LogP contribution in [0.3, 0.4) is 0 Å². The summed E-state index contributed by atoms with van der Waals surface area (Å²) < 4.78 is 5.09. The molecule has 1 aliphatic rings. The van der Waals surface area contributed by atoms with Crippen LogP contribution in [0.25, 0.3) is 0 Å². The minimum absolute atomic E-state index is 0.126. The second kappa shape index (κ2) is 8.55. The lowest BCUT2D eigenvalue weighted by Crippen LogP contribution is -2.31. The van der Waals surface area contributed by atoms with E-state index in [1.165, 1.54) is 0 Å². The van der Waals surface area contributed by atoms with E-state index in [9.17, 15) is 9.59 Å². The number of carbonyl (C=O) groups excluding carboxylic acids is 2. The number of hydrogen-bond donors (Lipinski definition) is 1. The van der Waals surface area contributed by atoms with Crippen LogP contribution in [0, 0.1) is 0 Å². The average Bonchev–Trinajstić information content (AvgIpc) is 3.39. The zero-order valence-corrected chi connectivity index (χ0v) is 16.8. The lowest BCUT2D eigenvalue weighted by atomic mass is 10.0. The quantitative estimate of drug-likeness (QED) is 0.653. The van der Waals surface area contributed by atoms with E-state index in [1.54, 1.807) is 41.8 Å². The number of methoxy groups -OCH3 is 1. The van der Waals surface area contributed by atoms with E-state index in [-0.39, 0.29) is 17.9 Å². The summed E-state index contributed by atoms with van der Waals surface area (Å²) in [5, 5.41) is 5.09. The summed E-state index contributed by atoms with van der Waals surface area (Å²) in [7, 11) is 1.61. The van der Waals surface area contributed by atoms with Crippen molar-refractivity contribution in [3.05, 3.63) is 87.4 Å². The standard InChI is InChI=1S/C22H21N3O3S/c1-28-12-11-25-14-16-4-2-5-17(19(16)22(25)27)21(26)24-20(18-6-3-13-29-18)15-7-9-23-10-8-15/h2-10,13,20H,11-12,14H2,1H3,(H,24,26)/t20-/m1/s1. The molecule has 0 fully saturated rings. The maximum atomic E-state index is 13.2. The number of benzene rings is 1. The predicted octanol–water partition coefficient (Wildman–Crippen LogP) is 3.26. The molecule has 3 heterocycles. The van der Waals surface area contributed by atoms with Crippen LogP contribution in [0.15, 0.2) is 60.2 Å². The molecular weight excluding hydrogens is 386 g/mol. The summed E-state index contributed by atoms with van der Waals surface area (Å²) in [4.78, 5) is 32.9. The van der Waals surface area contributed by atoms with Crippen molar-refractivity contribution in [2.24, 2.45) is 0 Å². The fourth-order valence-electron chi connectivity index (χ4n) is 3.53. The molecule has 3 aromatic rings. The second-order valence-corrected chi connectivity index (χ2v) is 7.74. The fourth-order valence-corrected chi connectivity index (χ4v) is 4.33. The SMILES string of the molecule is COCCN1Cc2cccc(C(=O)N[C@H](c3ccncc3)c3cccs3)c2C1=O. The molecule has 29 heavy (non-hydrogen) atoms. The Hall–Kier alpha value is -3.03. The first kappa shape index (κ1) is 19.3. The number of fused-ring (bicyclic) bond motifs is 1. The van der Waals surface area contributed by atoms with E-state index < -0.39 is 0 Å². The first-order valence-corrected chi connectivity index (χ1v) is 10.2. The largest absolute Gasteiger partial charge is 0.383 e. The number of hydrogen-bond acceptors (Lipinski definition) is 5. The maximum Gasteiger partial charge on any atom is 0.255 e. The van der Waals surface area contributed by atoms with Crippen molar-refractivity contribution in [2.45, 2.75) is 12.6 Å². The van der Waals surface area contributed by atoms with Gasteiger partial charge in [0.15, 0.2) is 0 Å². The molecule has 0 saturated heterocycles. The third-order valence-corrected chi connectivity index (χ3v) is 5.90. The number of pyridine rings is 1. The molecule has 7 heteroatoms. The molecule has 2 aromatic heterocycles. The third-order valence-electron chi connectivity index (χ3n) is 4.97. The Morgan fingerprint density at radius 3 is 2.79 bits per heavy atom. The van der Waals surface area contributed by atoms with Crippen molar-refractivity contribution in [3.8, 4) is 0 Å². The van der Waals surface area contributed by atoms with Gasteiger partial charge in [0.1, 0.15) is 0 Å². The molecule has 1 aromatic carbocycles. The summed E-state index contributed by atoms with van der Waals surface area (Å²) in [6.45, 7) is 1.46. The van der Waals surface area contributed by atoms with E-state index in [4.69, 9.17) is 4.74 Å². The number of ether oxygens (including phenoxy) is 1. The van der Waals surface area contributed by atoms with Crippen molar-refractivity contribution in [3.63, 3.8) is 0 Å². The van der Waals surface area contributed by atoms with Gasteiger partial charge < -0.3 is 15.0 Å². The number of aromatic nitrogens is 1. The van der Waals surface area contributed by atoms with Crippen LogP contribution in [0.5, 0.6) is 0 Å². The fraction of sp³-hybridized carbons (Fsp3) is 0.227. The van der Waals surface area contributed by atoms with Gasteiger partial charge in [0.2, 0.25) is 0 Å². The molecule has 2 amide bonds. The summed E-state index contributed by atoms with van der Waals surface area (Å²) in [6.07, 6.45) is 3.42. The molecule has 1 aliphatic heterocycles. The Bertz CT molecular complexity index is 1010. The highest BCUT2D eigenvalue weighted by atomic mass is 32.1. The predicted molar refractivity (Wildman–Crippen MR) is 111 cm³/mol. The zero-order valence-electron chi connectivity index (χ0n) is 16.0. The summed E-state index contributed by atoms with van der Waals surface area (Å²) in [6, 6.07) is 12.9. The number of amides is 2. The van der Waals surface area contributed by atoms with Gasteiger partial charge in [0.25, 0.3) is 11.8 Å². The Kier molecular flexibility index (Phi) is 5.69. The van der Waals surface area contributed by atoms with Crippen molar-refractivity contribution in [1.82, 2.24) is 15.2 Å². The van der Waals surface area contributed by atoms with E-state index in [1.807, 2.05) is 41.8 Å². The monoisotopic (exact) mass is 407 g/mol. The molecule has 0 unspecified atom stereocenters. The van der Waals surface area contributed by atoms with Gasteiger partial charge in [-0.05, 0) is 40.8 Å². The van der Waals surface area contributed by atoms with E-state index in [0.717, 1.165) is 16.0 Å². The molecule has 0 aliphatic carbocycles. The molecule has 1 atom stereocenters. The highest BCUT2D eigenvalue weighted by molar-refractivity contribution is 7.10. The van der Waals surface area contributed by atoms with Crippen molar-refractivity contribution in [2.75, 3.05) is 20.3 Å². The van der Waals surface area contributed by atoms with Gasteiger partial charge in [-0.2, -0.15) is 0 Å². The van der Waals surface area contributed by atoms with Crippen molar-refractivity contribution in [1.29, 1.82) is 0 Å². The lowest BCUT2D eigenvalue weighted by Gasteiger charge is -2.19. The highest BCUT2D eigenvalue weighted by Crippen LogP contribution is 2.29. The molecule has 4 rings (SSSR count). The maximum absolute atomic E-state index is 13.2. The lowest BCUT2D eigenvalue weighted by molar-refractivity contribution is 0.0715. The summed E-state index contributed by atoms with van der Waals surface area (Å²) in [5.41, 5.74) is 2.70. The highest BCUT2D eigenvalue weighted by Gasteiger charge is 2.32. The van der Waals surface area contributed by atoms with Gasteiger partial charge >= 0.3 is 0 Å². The van der Waals surface area contributed by atoms with Gasteiger partial charge in [-0.1, -0.05) is 18.2 Å². The molecule has 6 nitrogen and oxygen atoms in total. The van der Waals surface area contributed by atoms with Crippen LogP contribution in [0.2, 0.25) is 0 Å². The molecule has 0 radical (unpaired) electrons. The molecule has 0 spiro atoms. The molecule has 0 bridgehead atoms. The normalized spacial score (nSPS) is 14.0. The minimum Gasteiger partial charge on any atom is -0.383 e. The first-order chi connectivity index (χ1) is 14.2. The molecule has 0 saturated carbocycles. The number of thiophene rings is 1. The second-order valence-electron chi connectivity index (χ2n) is 6.76. The first-order valence-electron chi connectivity index (χ1n) is 9.33. The Morgan fingerprint density at radius 2 is 2.07 bits per heavy atom. The van der Waals surface area contributed by atoms with Crippen molar-refractivity contribution >= 4 is 23.2 Å². The zero-order chi connectivity index (χ0) is 20.2. The average molecular weight is 407 g/mol. The topological polar surface area (TPSA) is 71.5 Å². The summed E-state index contributed by atoms with van der Waals surface area (Å²) >= 11 is 1.57. The Morgan fingerprint density at radius 1 is 1.24 bits per heavy atom. The number of nitrogens with zero attached hydrogens (tertiary/aromatic N) is 2. The Labute approximate surface area is 173 Å². The van der Waals surface area contributed by atoms with Gasteiger partial charge in [0, 0.05) is 37.5 Å². The van der Waals surface area contributed by atoms with Gasteiger partial charge in [-0.3, -0.25) is 14.6 Å². The molecular formula is C22H21N3O3S. The molecule has 148 valence electrons. The smallest absolute Gasteiger partial charge is 0.255 e. The number of nitrogens with one attached hydrogen (secondary N) is 1.